The molecule has 72 valence electrons. The SMILES string of the molecule is CCC(O)CSc1ccccc1C. The van der Waals surface area contributed by atoms with Gasteiger partial charge in [-0.25, -0.2) is 0 Å². The average molecular weight is 196 g/mol. The molecule has 0 spiro atoms. The minimum Gasteiger partial charge on any atom is -0.392 e. The first kappa shape index (κ1) is 10.6. The van der Waals surface area contributed by atoms with Crippen molar-refractivity contribution >= 4 is 11.8 Å². The predicted octanol–water partition coefficient (Wildman–Crippen LogP) is 2.86. The molecule has 1 N–H and O–H groups in total. The number of benzene rings is 1. The van der Waals surface area contributed by atoms with Crippen molar-refractivity contribution in [3.63, 3.8) is 0 Å². The fraction of sp³-hybridized carbons (Fsp3) is 0.455. The second-order valence-corrected chi connectivity index (χ2v) is 4.20. The summed E-state index contributed by atoms with van der Waals surface area (Å²) in [6, 6.07) is 8.27. The van der Waals surface area contributed by atoms with E-state index in [2.05, 4.69) is 19.1 Å². The van der Waals surface area contributed by atoms with Crippen molar-refractivity contribution in [2.45, 2.75) is 31.3 Å². The van der Waals surface area contributed by atoms with Crippen LogP contribution in [0.3, 0.4) is 0 Å². The molecule has 0 aromatic heterocycles. The number of aliphatic hydroxyl groups is 1. The fourth-order valence-electron chi connectivity index (χ4n) is 1.02. The van der Waals surface area contributed by atoms with Crippen LogP contribution in [-0.4, -0.2) is 17.0 Å². The summed E-state index contributed by atoms with van der Waals surface area (Å²) < 4.78 is 0. The highest BCUT2D eigenvalue weighted by Crippen LogP contribution is 2.22. The van der Waals surface area contributed by atoms with Crippen LogP contribution in [0.2, 0.25) is 0 Å². The van der Waals surface area contributed by atoms with Crippen LogP contribution in [0.25, 0.3) is 0 Å². The van der Waals surface area contributed by atoms with Crippen molar-refractivity contribution in [3.05, 3.63) is 29.8 Å². The number of aryl methyl sites for hydroxylation is 1. The first-order valence-corrected chi connectivity index (χ1v) is 5.59. The number of hydrogen-bond donors (Lipinski definition) is 1. The second-order valence-electron chi connectivity index (χ2n) is 3.14. The third-order valence-corrected chi connectivity index (χ3v) is 3.32. The Labute approximate surface area is 84.2 Å². The first-order chi connectivity index (χ1) is 6.24. The van der Waals surface area contributed by atoms with Gasteiger partial charge in [-0.1, -0.05) is 25.1 Å². The van der Waals surface area contributed by atoms with Gasteiger partial charge in [0, 0.05) is 10.6 Å². The molecule has 0 radical (unpaired) electrons. The van der Waals surface area contributed by atoms with E-state index in [0.29, 0.717) is 0 Å². The van der Waals surface area contributed by atoms with Gasteiger partial charge in [0.25, 0.3) is 0 Å². The monoisotopic (exact) mass is 196 g/mol. The molecule has 1 atom stereocenters. The molecule has 1 nitrogen and oxygen atoms in total. The summed E-state index contributed by atoms with van der Waals surface area (Å²) in [4.78, 5) is 1.27. The largest absolute Gasteiger partial charge is 0.392 e. The van der Waals surface area contributed by atoms with Gasteiger partial charge in [-0.3, -0.25) is 0 Å². The quantitative estimate of drug-likeness (QED) is 0.747. The Morgan fingerprint density at radius 1 is 1.38 bits per heavy atom. The zero-order valence-corrected chi connectivity index (χ0v) is 8.97. The van der Waals surface area contributed by atoms with Crippen LogP contribution in [0.1, 0.15) is 18.9 Å². The number of aliphatic hydroxyl groups excluding tert-OH is 1. The molecule has 1 aromatic carbocycles. The van der Waals surface area contributed by atoms with E-state index >= 15 is 0 Å². The van der Waals surface area contributed by atoms with Crippen molar-refractivity contribution < 1.29 is 5.11 Å². The third-order valence-electron chi connectivity index (χ3n) is 2.00. The van der Waals surface area contributed by atoms with Gasteiger partial charge in [-0.15, -0.1) is 11.8 Å². The van der Waals surface area contributed by atoms with Crippen LogP contribution in [0.4, 0.5) is 0 Å². The van der Waals surface area contributed by atoms with E-state index in [-0.39, 0.29) is 6.10 Å². The van der Waals surface area contributed by atoms with Gasteiger partial charge in [-0.2, -0.15) is 0 Å². The smallest absolute Gasteiger partial charge is 0.0631 e. The maximum atomic E-state index is 9.39. The number of rotatable bonds is 4. The van der Waals surface area contributed by atoms with Crippen molar-refractivity contribution in [2.24, 2.45) is 0 Å². The van der Waals surface area contributed by atoms with Crippen LogP contribution >= 0.6 is 11.8 Å². The maximum absolute atomic E-state index is 9.39. The molecular weight excluding hydrogens is 180 g/mol. The van der Waals surface area contributed by atoms with Gasteiger partial charge in [0.2, 0.25) is 0 Å². The molecule has 2 heteroatoms. The Morgan fingerprint density at radius 3 is 2.69 bits per heavy atom. The van der Waals surface area contributed by atoms with Crippen LogP contribution < -0.4 is 0 Å². The molecule has 1 aromatic rings. The Kier molecular flexibility index (Phi) is 4.33. The summed E-state index contributed by atoms with van der Waals surface area (Å²) in [6.45, 7) is 4.10. The molecule has 0 saturated carbocycles. The van der Waals surface area contributed by atoms with Crippen LogP contribution in [-0.2, 0) is 0 Å². The molecule has 0 aliphatic heterocycles. The molecule has 0 bridgehead atoms. The molecule has 1 rings (SSSR count). The molecule has 0 heterocycles. The zero-order chi connectivity index (χ0) is 9.68. The Bertz CT molecular complexity index is 260. The fourth-order valence-corrected chi connectivity index (χ4v) is 2.10. The lowest BCUT2D eigenvalue weighted by atomic mass is 10.2. The van der Waals surface area contributed by atoms with E-state index in [1.807, 2.05) is 19.1 Å². The van der Waals surface area contributed by atoms with Gasteiger partial charge in [-0.05, 0) is 25.0 Å². The summed E-state index contributed by atoms with van der Waals surface area (Å²) >= 11 is 1.73. The summed E-state index contributed by atoms with van der Waals surface area (Å²) in [5, 5.41) is 9.39. The Hall–Kier alpha value is -0.470. The molecule has 0 amide bonds. The summed E-state index contributed by atoms with van der Waals surface area (Å²) in [6.07, 6.45) is 0.656. The highest BCUT2D eigenvalue weighted by atomic mass is 32.2. The lowest BCUT2D eigenvalue weighted by Crippen LogP contribution is -2.07. The van der Waals surface area contributed by atoms with Crippen molar-refractivity contribution in [2.75, 3.05) is 5.75 Å². The molecule has 13 heavy (non-hydrogen) atoms. The normalized spacial score (nSPS) is 12.8. The van der Waals surface area contributed by atoms with Crippen LogP contribution in [0, 0.1) is 6.92 Å². The lowest BCUT2D eigenvalue weighted by molar-refractivity contribution is 0.195. The van der Waals surface area contributed by atoms with E-state index in [1.54, 1.807) is 11.8 Å². The van der Waals surface area contributed by atoms with Crippen LogP contribution in [0.15, 0.2) is 29.2 Å². The van der Waals surface area contributed by atoms with Crippen molar-refractivity contribution in [1.82, 2.24) is 0 Å². The Balaban J connectivity index is 2.50. The molecule has 0 aliphatic carbocycles. The van der Waals surface area contributed by atoms with E-state index in [4.69, 9.17) is 0 Å². The van der Waals surface area contributed by atoms with E-state index in [9.17, 15) is 5.11 Å². The topological polar surface area (TPSA) is 20.2 Å². The predicted molar refractivity (Wildman–Crippen MR) is 58.2 cm³/mol. The van der Waals surface area contributed by atoms with E-state index < -0.39 is 0 Å². The van der Waals surface area contributed by atoms with Gasteiger partial charge >= 0.3 is 0 Å². The van der Waals surface area contributed by atoms with E-state index in [0.717, 1.165) is 12.2 Å². The highest BCUT2D eigenvalue weighted by molar-refractivity contribution is 7.99. The second kappa shape index (κ2) is 5.30. The highest BCUT2D eigenvalue weighted by Gasteiger charge is 2.03. The first-order valence-electron chi connectivity index (χ1n) is 4.60. The summed E-state index contributed by atoms with van der Waals surface area (Å²) in [7, 11) is 0. The minimum absolute atomic E-state index is 0.176. The van der Waals surface area contributed by atoms with Gasteiger partial charge in [0.1, 0.15) is 0 Å². The van der Waals surface area contributed by atoms with Crippen molar-refractivity contribution in [1.29, 1.82) is 0 Å². The zero-order valence-electron chi connectivity index (χ0n) is 8.16. The van der Waals surface area contributed by atoms with Gasteiger partial charge in [0.15, 0.2) is 0 Å². The van der Waals surface area contributed by atoms with Gasteiger partial charge in [0.05, 0.1) is 6.10 Å². The number of hydrogen-bond acceptors (Lipinski definition) is 2. The molecule has 1 unspecified atom stereocenters. The van der Waals surface area contributed by atoms with Gasteiger partial charge < -0.3 is 5.11 Å². The Morgan fingerprint density at radius 2 is 2.08 bits per heavy atom. The summed E-state index contributed by atoms with van der Waals surface area (Å²) in [5.41, 5.74) is 1.29. The van der Waals surface area contributed by atoms with E-state index in [1.165, 1.54) is 10.5 Å². The lowest BCUT2D eigenvalue weighted by Gasteiger charge is -2.08. The standard InChI is InChI=1S/C11H16OS/c1-3-10(12)8-13-11-7-5-4-6-9(11)2/h4-7,10,12H,3,8H2,1-2H3. The maximum Gasteiger partial charge on any atom is 0.0631 e. The van der Waals surface area contributed by atoms with Crippen LogP contribution in [0.5, 0.6) is 0 Å². The summed E-state index contributed by atoms with van der Waals surface area (Å²) in [5.74, 6) is 0.793. The third kappa shape index (κ3) is 3.41. The molecule has 0 aliphatic rings. The molecule has 0 saturated heterocycles. The molecule has 0 fully saturated rings. The number of thioether (sulfide) groups is 1. The molecular formula is C11H16OS. The van der Waals surface area contributed by atoms with Crippen molar-refractivity contribution in [3.8, 4) is 0 Å². The average Bonchev–Trinajstić information content (AvgIpc) is 2.16. The minimum atomic E-state index is -0.176.